The molecule has 1 aliphatic carbocycles. The maximum atomic E-state index is 13.0. The monoisotopic (exact) mass is 434 g/mol. The van der Waals surface area contributed by atoms with E-state index in [1.807, 2.05) is 29.2 Å². The number of rotatable bonds is 6. The molecule has 3 heterocycles. The van der Waals surface area contributed by atoms with E-state index in [1.54, 1.807) is 0 Å². The molecule has 160 valence electrons. The predicted molar refractivity (Wildman–Crippen MR) is 120 cm³/mol. The first-order valence-corrected chi connectivity index (χ1v) is 11.2. The van der Waals surface area contributed by atoms with Gasteiger partial charge in [0.25, 0.3) is 0 Å². The molecule has 7 heteroatoms. The molecule has 5 rings (SSSR count). The lowest BCUT2D eigenvalue weighted by Crippen LogP contribution is -2.46. The molecule has 0 spiro atoms. The highest BCUT2D eigenvalue weighted by Crippen LogP contribution is 2.38. The Morgan fingerprint density at radius 1 is 0.967 bits per heavy atom. The number of hydrogen-bond acceptors (Lipinski definition) is 6. The minimum Gasteiger partial charge on any atom is -0.353 e. The Morgan fingerprint density at radius 2 is 1.63 bits per heavy atom. The second-order valence-corrected chi connectivity index (χ2v) is 8.76. The van der Waals surface area contributed by atoms with Crippen molar-refractivity contribution in [1.29, 1.82) is 0 Å². The van der Waals surface area contributed by atoms with Gasteiger partial charge in [-0.2, -0.15) is 4.37 Å². The third-order valence-electron chi connectivity index (χ3n) is 6.22. The second-order valence-electron chi connectivity index (χ2n) is 7.96. The molecule has 2 atom stereocenters. The number of hydrogen-bond donors (Lipinski definition) is 0. The first-order valence-electron chi connectivity index (χ1n) is 14.5. The number of amides is 2. The first kappa shape index (κ1) is 12.8. The van der Waals surface area contributed by atoms with Gasteiger partial charge in [-0.3, -0.25) is 19.4 Å². The molecule has 0 unspecified atom stereocenters. The van der Waals surface area contributed by atoms with Crippen LogP contribution in [0.2, 0.25) is 0 Å². The molecule has 2 aromatic rings. The van der Waals surface area contributed by atoms with E-state index in [2.05, 4.69) is 4.37 Å². The van der Waals surface area contributed by atoms with Gasteiger partial charge in [-0.25, -0.2) is 0 Å². The summed E-state index contributed by atoms with van der Waals surface area (Å²) in [6, 6.07) is 7.74. The van der Waals surface area contributed by atoms with Crippen LogP contribution in [0.15, 0.2) is 24.3 Å². The molecule has 30 heavy (non-hydrogen) atoms. The molecule has 2 amide bonds. The van der Waals surface area contributed by atoms with Crippen LogP contribution in [-0.4, -0.2) is 65.2 Å². The highest BCUT2D eigenvalue weighted by atomic mass is 32.1. The predicted octanol–water partition coefficient (Wildman–Crippen LogP) is 3.37. The van der Waals surface area contributed by atoms with Crippen LogP contribution in [0.25, 0.3) is 10.1 Å². The Hall–Kier alpha value is -1.99. The number of piperazine rings is 1. The van der Waals surface area contributed by atoms with Gasteiger partial charge in [-0.1, -0.05) is 25.0 Å². The zero-order valence-electron chi connectivity index (χ0n) is 24.6. The van der Waals surface area contributed by atoms with E-state index in [4.69, 9.17) is 11.0 Å². The third-order valence-corrected chi connectivity index (χ3v) is 7.04. The molecule has 1 saturated carbocycles. The zero-order chi connectivity index (χ0) is 27.7. The molecule has 0 bridgehead atoms. The first-order chi connectivity index (χ1) is 17.7. The molecule has 2 saturated heterocycles. The lowest BCUT2D eigenvalue weighted by molar-refractivity contribution is -0.140. The number of fused-ring (bicyclic) bond motifs is 2. The summed E-state index contributed by atoms with van der Waals surface area (Å²) in [5, 5.41) is 0.967. The summed E-state index contributed by atoms with van der Waals surface area (Å²) in [6.07, 6.45) is -4.77. The summed E-state index contributed by atoms with van der Waals surface area (Å²) in [4.78, 5) is 29.4. The molecule has 0 N–H and O–H groups in total. The number of carbonyl (C=O) groups is 2. The van der Waals surface area contributed by atoms with Gasteiger partial charge in [0.05, 0.1) is 16.5 Å². The fourth-order valence-corrected chi connectivity index (χ4v) is 5.39. The summed E-state index contributed by atoms with van der Waals surface area (Å²) >= 11 is 1.35. The average molecular weight is 435 g/mol. The maximum Gasteiger partial charge on any atom is 0.233 e. The van der Waals surface area contributed by atoms with Crippen LogP contribution in [0.5, 0.6) is 0 Å². The van der Waals surface area contributed by atoms with Gasteiger partial charge >= 0.3 is 0 Å². The van der Waals surface area contributed by atoms with Crippen molar-refractivity contribution < 1.29 is 20.6 Å². The standard InChI is InChI=1S/C23H30N4O2S/c28-22-17-7-1-2-8-18(17)23(29)27(22)12-6-5-11-25-13-15-26(16-14-25)21-19-9-3-4-10-20(19)30-24-21/h3-4,9-10,17-18H,1-2,5-8,11-16H2/t17-,18+/i5D2,6D2,11D2,12D2. The highest BCUT2D eigenvalue weighted by Gasteiger charge is 2.47. The van der Waals surface area contributed by atoms with Gasteiger partial charge in [0, 0.05) is 49.0 Å². The van der Waals surface area contributed by atoms with E-state index >= 15 is 0 Å². The number of imide groups is 1. The van der Waals surface area contributed by atoms with Crippen molar-refractivity contribution in [2.45, 2.75) is 38.4 Å². The number of benzene rings is 1. The molecule has 3 fully saturated rings. The normalized spacial score (nSPS) is 31.2. The number of aromatic nitrogens is 1. The lowest BCUT2D eigenvalue weighted by Gasteiger charge is -2.35. The van der Waals surface area contributed by atoms with Crippen LogP contribution in [0.3, 0.4) is 0 Å². The van der Waals surface area contributed by atoms with Crippen molar-refractivity contribution >= 4 is 39.3 Å². The van der Waals surface area contributed by atoms with Crippen molar-refractivity contribution in [3.63, 3.8) is 0 Å². The van der Waals surface area contributed by atoms with E-state index in [1.165, 1.54) is 16.4 Å². The van der Waals surface area contributed by atoms with Crippen molar-refractivity contribution in [3.05, 3.63) is 24.3 Å². The Labute approximate surface area is 193 Å². The smallest absolute Gasteiger partial charge is 0.233 e. The zero-order valence-corrected chi connectivity index (χ0v) is 17.5. The van der Waals surface area contributed by atoms with Crippen LogP contribution in [-0.2, 0) is 9.59 Å². The largest absolute Gasteiger partial charge is 0.353 e. The topological polar surface area (TPSA) is 56.8 Å². The van der Waals surface area contributed by atoms with Gasteiger partial charge in [0.1, 0.15) is 5.82 Å². The number of nitrogens with zero attached hydrogens (tertiary/aromatic N) is 4. The third kappa shape index (κ3) is 3.73. The average Bonchev–Trinajstić information content (AvgIpc) is 3.43. The van der Waals surface area contributed by atoms with Gasteiger partial charge < -0.3 is 4.90 Å². The van der Waals surface area contributed by atoms with E-state index in [0.29, 0.717) is 38.8 Å². The van der Waals surface area contributed by atoms with E-state index < -0.39 is 49.4 Å². The molecular formula is C23H30N4O2S. The second kappa shape index (κ2) is 8.63. The van der Waals surface area contributed by atoms with E-state index in [-0.39, 0.29) is 18.0 Å². The summed E-state index contributed by atoms with van der Waals surface area (Å²) in [5.74, 6) is -2.39. The maximum absolute atomic E-state index is 13.0. The Kier molecular flexibility index (Phi) is 3.67. The molecule has 6 nitrogen and oxygen atoms in total. The number of likely N-dealkylation sites (tertiary alicyclic amines) is 1. The minimum absolute atomic E-state index is 0.0448. The highest BCUT2D eigenvalue weighted by molar-refractivity contribution is 7.13. The van der Waals surface area contributed by atoms with Crippen molar-refractivity contribution in [2.24, 2.45) is 11.8 Å². The molecule has 1 aromatic heterocycles. The minimum atomic E-state index is -3.55. The van der Waals surface area contributed by atoms with Crippen LogP contribution in [0.1, 0.15) is 49.4 Å². The fourth-order valence-electron chi connectivity index (χ4n) is 4.59. The van der Waals surface area contributed by atoms with Crippen LogP contribution in [0, 0.1) is 11.8 Å². The van der Waals surface area contributed by atoms with Crippen LogP contribution in [0.4, 0.5) is 5.82 Å². The molecule has 3 aliphatic rings. The Bertz CT molecular complexity index is 1220. The van der Waals surface area contributed by atoms with E-state index in [9.17, 15) is 9.59 Å². The molecule has 0 radical (unpaired) electrons. The number of carbonyl (C=O) groups excluding carboxylic acids is 2. The Balaban J connectivity index is 1.36. The van der Waals surface area contributed by atoms with E-state index in [0.717, 1.165) is 15.9 Å². The number of anilines is 1. The summed E-state index contributed by atoms with van der Waals surface area (Å²) in [6.45, 7) is -5.63. The lowest BCUT2D eigenvalue weighted by atomic mass is 9.81. The Morgan fingerprint density at radius 3 is 2.37 bits per heavy atom. The van der Waals surface area contributed by atoms with Crippen molar-refractivity contribution in [1.82, 2.24) is 14.2 Å². The summed E-state index contributed by atoms with van der Waals surface area (Å²) in [7, 11) is 0. The molecule has 1 aromatic carbocycles. The van der Waals surface area contributed by atoms with Gasteiger partial charge in [-0.05, 0) is 55.7 Å². The molecule has 2 aliphatic heterocycles. The summed E-state index contributed by atoms with van der Waals surface area (Å²) in [5.41, 5.74) is 0. The van der Waals surface area contributed by atoms with Crippen molar-refractivity contribution in [3.8, 4) is 0 Å². The molecular weight excluding hydrogens is 396 g/mol. The quantitative estimate of drug-likeness (QED) is 0.653. The van der Waals surface area contributed by atoms with Crippen LogP contribution >= 0.6 is 11.5 Å². The fraction of sp³-hybridized carbons (Fsp3) is 0.609. The SMILES string of the molecule is [2H]C([2H])(N1CCN(c2nsc3ccccc23)CC1)C([2H])([2H])C([2H])([2H])C([2H])([2H])N1C(=O)[C@H]2CCCC[C@H]2C1=O. The van der Waals surface area contributed by atoms with Gasteiger partial charge in [-0.15, -0.1) is 0 Å². The van der Waals surface area contributed by atoms with Gasteiger partial charge in [0.2, 0.25) is 11.8 Å². The van der Waals surface area contributed by atoms with Gasteiger partial charge in [0.15, 0.2) is 0 Å². The summed E-state index contributed by atoms with van der Waals surface area (Å²) < 4.78 is 74.1. The van der Waals surface area contributed by atoms with Crippen LogP contribution < -0.4 is 4.90 Å². The van der Waals surface area contributed by atoms with Crippen molar-refractivity contribution in [2.75, 3.05) is 44.1 Å².